The Kier molecular flexibility index (Phi) is 7.76. The summed E-state index contributed by atoms with van der Waals surface area (Å²) in [4.78, 5) is 16.6. The number of carbonyl (C=O) groups excluding carboxylic acids is 1. The summed E-state index contributed by atoms with van der Waals surface area (Å²) in [5.74, 6) is -1.01. The molecule has 2 fully saturated rings. The number of amidine groups is 1. The van der Waals surface area contributed by atoms with Crippen molar-refractivity contribution in [2.24, 2.45) is 5.92 Å². The van der Waals surface area contributed by atoms with Crippen LogP contribution in [0.1, 0.15) is 37.8 Å². The van der Waals surface area contributed by atoms with Gasteiger partial charge in [0.05, 0.1) is 24.3 Å². The van der Waals surface area contributed by atoms with E-state index in [2.05, 4.69) is 10.2 Å². The fourth-order valence-electron chi connectivity index (χ4n) is 4.34. The number of morpholine rings is 1. The van der Waals surface area contributed by atoms with Gasteiger partial charge in [-0.2, -0.15) is 13.2 Å². The summed E-state index contributed by atoms with van der Waals surface area (Å²) in [6.45, 7) is 7.42. The van der Waals surface area contributed by atoms with E-state index in [4.69, 9.17) is 10.1 Å². The second kappa shape index (κ2) is 10.2. The number of alkyl halides is 3. The Labute approximate surface area is 185 Å². The van der Waals surface area contributed by atoms with Crippen LogP contribution in [0.2, 0.25) is 0 Å². The van der Waals surface area contributed by atoms with Crippen LogP contribution < -0.4 is 5.32 Å². The molecule has 0 radical (unpaired) electrons. The van der Waals surface area contributed by atoms with Gasteiger partial charge in [-0.25, -0.2) is 4.39 Å². The van der Waals surface area contributed by atoms with E-state index in [0.717, 1.165) is 38.1 Å². The molecule has 6 nitrogen and oxygen atoms in total. The summed E-state index contributed by atoms with van der Waals surface area (Å²) >= 11 is 0. The minimum Gasteiger partial charge on any atom is -0.373 e. The van der Waals surface area contributed by atoms with Gasteiger partial charge in [0, 0.05) is 38.3 Å². The molecule has 178 valence electrons. The van der Waals surface area contributed by atoms with Crippen LogP contribution in [-0.4, -0.2) is 73.0 Å². The quantitative estimate of drug-likeness (QED) is 0.404. The summed E-state index contributed by atoms with van der Waals surface area (Å²) < 4.78 is 57.9. The zero-order valence-electron chi connectivity index (χ0n) is 18.3. The number of nitrogens with zero attached hydrogens (tertiary/aromatic N) is 2. The van der Waals surface area contributed by atoms with Crippen LogP contribution in [0.4, 0.5) is 17.6 Å². The highest BCUT2D eigenvalue weighted by atomic mass is 19.4. The Morgan fingerprint density at radius 1 is 1.16 bits per heavy atom. The van der Waals surface area contributed by atoms with Crippen molar-refractivity contribution in [1.29, 1.82) is 5.41 Å². The molecular formula is C22H30F4N4O2. The van der Waals surface area contributed by atoms with Gasteiger partial charge < -0.3 is 15.0 Å². The minimum atomic E-state index is -4.67. The summed E-state index contributed by atoms with van der Waals surface area (Å²) in [6, 6.07) is 2.11. The van der Waals surface area contributed by atoms with Crippen molar-refractivity contribution in [3.05, 3.63) is 35.1 Å². The summed E-state index contributed by atoms with van der Waals surface area (Å²) in [6.07, 6.45) is -3.00. The zero-order chi connectivity index (χ0) is 23.5. The fourth-order valence-corrected chi connectivity index (χ4v) is 4.34. The monoisotopic (exact) mass is 458 g/mol. The molecule has 2 aliphatic rings. The molecule has 0 saturated carbocycles. The largest absolute Gasteiger partial charge is 0.416 e. The first-order chi connectivity index (χ1) is 15.0. The molecule has 3 rings (SSSR count). The Morgan fingerprint density at radius 2 is 1.78 bits per heavy atom. The molecule has 1 aromatic carbocycles. The van der Waals surface area contributed by atoms with Crippen LogP contribution in [0, 0.1) is 17.1 Å². The first-order valence-electron chi connectivity index (χ1n) is 10.9. The van der Waals surface area contributed by atoms with Gasteiger partial charge in [0.15, 0.2) is 0 Å². The van der Waals surface area contributed by atoms with Gasteiger partial charge in [-0.1, -0.05) is 0 Å². The van der Waals surface area contributed by atoms with Crippen molar-refractivity contribution in [1.82, 2.24) is 15.1 Å². The number of benzene rings is 1. The van der Waals surface area contributed by atoms with E-state index in [-0.39, 0.29) is 35.4 Å². The lowest BCUT2D eigenvalue weighted by Crippen LogP contribution is -2.51. The Hall–Kier alpha value is -2.20. The molecule has 2 N–H and O–H groups in total. The van der Waals surface area contributed by atoms with Crippen molar-refractivity contribution in [2.45, 2.75) is 45.1 Å². The number of hydrogen-bond acceptors (Lipinski definition) is 4. The lowest BCUT2D eigenvalue weighted by Gasteiger charge is -2.37. The average molecular weight is 459 g/mol. The highest BCUT2D eigenvalue weighted by molar-refractivity contribution is 5.96. The summed E-state index contributed by atoms with van der Waals surface area (Å²) in [5.41, 5.74) is -1.26. The van der Waals surface area contributed by atoms with E-state index in [1.807, 2.05) is 18.7 Å². The fraction of sp³-hybridized carbons (Fsp3) is 0.636. The van der Waals surface area contributed by atoms with Gasteiger partial charge in [0.25, 0.3) is 0 Å². The van der Waals surface area contributed by atoms with Crippen molar-refractivity contribution in [3.8, 4) is 0 Å². The highest BCUT2D eigenvalue weighted by Crippen LogP contribution is 2.30. The van der Waals surface area contributed by atoms with E-state index in [0.29, 0.717) is 32.2 Å². The van der Waals surface area contributed by atoms with Crippen LogP contribution in [0.5, 0.6) is 0 Å². The van der Waals surface area contributed by atoms with Crippen LogP contribution >= 0.6 is 0 Å². The molecule has 32 heavy (non-hydrogen) atoms. The van der Waals surface area contributed by atoms with E-state index in [1.165, 1.54) is 0 Å². The molecule has 1 aromatic rings. The van der Waals surface area contributed by atoms with Crippen LogP contribution in [0.25, 0.3) is 0 Å². The number of ether oxygens (including phenoxy) is 1. The Morgan fingerprint density at radius 3 is 2.38 bits per heavy atom. The van der Waals surface area contributed by atoms with Gasteiger partial charge in [-0.05, 0) is 50.8 Å². The first kappa shape index (κ1) is 24.4. The van der Waals surface area contributed by atoms with Crippen molar-refractivity contribution < 1.29 is 27.1 Å². The Balaban J connectivity index is 1.45. The molecule has 0 aliphatic carbocycles. The number of rotatable bonds is 5. The molecule has 0 spiro atoms. The third kappa shape index (κ3) is 6.65. The van der Waals surface area contributed by atoms with Crippen LogP contribution in [0.15, 0.2) is 18.2 Å². The maximum Gasteiger partial charge on any atom is 0.416 e. The molecule has 2 saturated heterocycles. The molecule has 2 aliphatic heterocycles. The lowest BCUT2D eigenvalue weighted by atomic mass is 9.96. The predicted molar refractivity (Wildman–Crippen MR) is 112 cm³/mol. The standard InChI is InChI=1S/C22H30F4N4O2/c1-14-11-29(12-15(2)32-14)13-20(31)30-5-3-16(4-6-30)10-28-21(27)17-7-18(22(24,25)26)9-19(23)8-17/h7-9,14-16H,3-6,10-13H2,1-2H3,(H2,27,28). The molecule has 1 amide bonds. The second-order valence-electron chi connectivity index (χ2n) is 8.76. The number of nitrogens with one attached hydrogen (secondary N) is 2. The van der Waals surface area contributed by atoms with Crippen molar-refractivity contribution in [2.75, 3.05) is 39.3 Å². The van der Waals surface area contributed by atoms with Gasteiger partial charge in [0.2, 0.25) is 5.91 Å². The highest BCUT2D eigenvalue weighted by Gasteiger charge is 2.32. The van der Waals surface area contributed by atoms with Crippen LogP contribution in [-0.2, 0) is 15.7 Å². The normalized spacial score (nSPS) is 23.2. The van der Waals surface area contributed by atoms with E-state index >= 15 is 0 Å². The predicted octanol–water partition coefficient (Wildman–Crippen LogP) is 3.11. The molecule has 2 atom stereocenters. The number of carbonyl (C=O) groups is 1. The van der Waals surface area contributed by atoms with Gasteiger partial charge in [-0.3, -0.25) is 15.1 Å². The number of hydrogen-bond donors (Lipinski definition) is 2. The summed E-state index contributed by atoms with van der Waals surface area (Å²) in [5, 5.41) is 10.8. The smallest absolute Gasteiger partial charge is 0.373 e. The maximum atomic E-state index is 13.6. The van der Waals surface area contributed by atoms with E-state index < -0.39 is 17.6 Å². The SMILES string of the molecule is CC1CN(CC(=O)N2CCC(CNC(=N)c3cc(F)cc(C(F)(F)F)c3)CC2)CC(C)O1. The third-order valence-corrected chi connectivity index (χ3v) is 5.90. The minimum absolute atomic E-state index is 0.0879. The molecule has 10 heteroatoms. The number of amides is 1. The Bertz CT molecular complexity index is 815. The first-order valence-corrected chi connectivity index (χ1v) is 10.9. The van der Waals surface area contributed by atoms with Crippen LogP contribution in [0.3, 0.4) is 0 Å². The van der Waals surface area contributed by atoms with Gasteiger partial charge in [0.1, 0.15) is 11.7 Å². The maximum absolute atomic E-state index is 13.6. The van der Waals surface area contributed by atoms with Gasteiger partial charge in [-0.15, -0.1) is 0 Å². The summed E-state index contributed by atoms with van der Waals surface area (Å²) in [7, 11) is 0. The second-order valence-corrected chi connectivity index (χ2v) is 8.76. The average Bonchev–Trinajstić information content (AvgIpc) is 2.70. The molecule has 0 bridgehead atoms. The number of halogens is 4. The van der Waals surface area contributed by atoms with Crippen molar-refractivity contribution >= 4 is 11.7 Å². The van der Waals surface area contributed by atoms with Crippen molar-refractivity contribution in [3.63, 3.8) is 0 Å². The molecule has 0 aromatic heterocycles. The zero-order valence-corrected chi connectivity index (χ0v) is 18.3. The lowest BCUT2D eigenvalue weighted by molar-refractivity contribution is -0.138. The van der Waals surface area contributed by atoms with E-state index in [1.54, 1.807) is 0 Å². The molecule has 2 heterocycles. The topological polar surface area (TPSA) is 68.7 Å². The number of likely N-dealkylation sites (tertiary alicyclic amines) is 1. The molecule has 2 unspecified atom stereocenters. The van der Waals surface area contributed by atoms with E-state index in [9.17, 15) is 22.4 Å². The molecular weight excluding hydrogens is 428 g/mol. The third-order valence-electron chi connectivity index (χ3n) is 5.90. The number of piperidine rings is 1. The van der Waals surface area contributed by atoms with Gasteiger partial charge >= 0.3 is 6.18 Å².